The van der Waals surface area contributed by atoms with Crippen LogP contribution in [0.15, 0.2) is 66.9 Å². The van der Waals surface area contributed by atoms with E-state index in [2.05, 4.69) is 46.6 Å². The third-order valence-electron chi connectivity index (χ3n) is 4.11. The Kier molecular flexibility index (Phi) is 3.85. The number of primary amides is 1. The summed E-state index contributed by atoms with van der Waals surface area (Å²) in [6.07, 6.45) is 1.86. The molecule has 128 valence electrons. The number of amides is 1. The smallest absolute Gasteiger partial charge is 0.248 e. The van der Waals surface area contributed by atoms with Crippen molar-refractivity contribution in [1.29, 1.82) is 0 Å². The van der Waals surface area contributed by atoms with Crippen LogP contribution in [0.25, 0.3) is 16.9 Å². The number of nitrogens with zero attached hydrogens (tertiary/aromatic N) is 3. The highest BCUT2D eigenvalue weighted by Crippen LogP contribution is 2.21. The Labute approximate surface area is 150 Å². The van der Waals surface area contributed by atoms with Gasteiger partial charge < -0.3 is 11.1 Å². The van der Waals surface area contributed by atoms with Crippen LogP contribution in [0.1, 0.15) is 15.9 Å². The molecule has 0 aliphatic rings. The number of benzene rings is 2. The van der Waals surface area contributed by atoms with E-state index in [1.807, 2.05) is 18.3 Å². The van der Waals surface area contributed by atoms with E-state index in [9.17, 15) is 4.79 Å². The van der Waals surface area contributed by atoms with Gasteiger partial charge in [-0.15, -0.1) is 0 Å². The van der Waals surface area contributed by atoms with Gasteiger partial charge in [-0.3, -0.25) is 4.79 Å². The van der Waals surface area contributed by atoms with Crippen LogP contribution in [-0.4, -0.2) is 20.5 Å². The molecule has 26 heavy (non-hydrogen) atoms. The predicted octanol–water partition coefficient (Wildman–Crippen LogP) is 3.55. The zero-order valence-electron chi connectivity index (χ0n) is 14.2. The summed E-state index contributed by atoms with van der Waals surface area (Å²) in [5.41, 5.74) is 10.4. The number of rotatable bonds is 4. The Hall–Kier alpha value is -3.67. The first kappa shape index (κ1) is 15.8. The number of anilines is 2. The quantitative estimate of drug-likeness (QED) is 0.593. The van der Waals surface area contributed by atoms with E-state index in [0.29, 0.717) is 11.4 Å². The molecule has 0 atom stereocenters. The van der Waals surface area contributed by atoms with Crippen molar-refractivity contribution in [1.82, 2.24) is 14.6 Å². The van der Waals surface area contributed by atoms with E-state index in [0.717, 1.165) is 22.6 Å². The van der Waals surface area contributed by atoms with Crippen LogP contribution >= 0.6 is 0 Å². The standard InChI is InChI=1S/C20H17N5O/c1-13-2-4-14(5-3-13)17-12-19-23-18(10-11-25(19)24-17)22-16-8-6-15(7-9-16)20(21)26/h2-12H,1H3,(H2,21,26)(H,22,23). The van der Waals surface area contributed by atoms with Crippen LogP contribution in [0.4, 0.5) is 11.5 Å². The molecule has 4 aromatic rings. The molecular weight excluding hydrogens is 326 g/mol. The summed E-state index contributed by atoms with van der Waals surface area (Å²) in [6.45, 7) is 2.06. The fourth-order valence-electron chi connectivity index (χ4n) is 2.68. The van der Waals surface area contributed by atoms with Gasteiger partial charge in [0.15, 0.2) is 5.65 Å². The SMILES string of the molecule is Cc1ccc(-c2cc3nc(Nc4ccc(C(N)=O)cc4)ccn3n2)cc1. The van der Waals surface area contributed by atoms with Gasteiger partial charge >= 0.3 is 0 Å². The second-order valence-corrected chi connectivity index (χ2v) is 6.08. The monoisotopic (exact) mass is 343 g/mol. The van der Waals surface area contributed by atoms with Gasteiger partial charge in [0, 0.05) is 29.1 Å². The Morgan fingerprint density at radius 2 is 1.77 bits per heavy atom. The largest absolute Gasteiger partial charge is 0.366 e. The lowest BCUT2D eigenvalue weighted by molar-refractivity contribution is 0.100. The maximum absolute atomic E-state index is 11.1. The molecule has 0 spiro atoms. The van der Waals surface area contributed by atoms with Crippen LogP contribution in [0, 0.1) is 6.92 Å². The molecular formula is C20H17N5O. The first-order valence-corrected chi connectivity index (χ1v) is 8.19. The second-order valence-electron chi connectivity index (χ2n) is 6.08. The summed E-state index contributed by atoms with van der Waals surface area (Å²) in [7, 11) is 0. The first-order valence-electron chi connectivity index (χ1n) is 8.19. The fourth-order valence-corrected chi connectivity index (χ4v) is 2.68. The number of carbonyl (C=O) groups excluding carboxylic acids is 1. The van der Waals surface area contributed by atoms with Crippen LogP contribution in [0.3, 0.4) is 0 Å². The number of hydrogen-bond donors (Lipinski definition) is 2. The highest BCUT2D eigenvalue weighted by atomic mass is 16.1. The fraction of sp³-hybridized carbons (Fsp3) is 0.0500. The number of carbonyl (C=O) groups is 1. The zero-order chi connectivity index (χ0) is 18.1. The zero-order valence-corrected chi connectivity index (χ0v) is 14.2. The number of aromatic nitrogens is 3. The summed E-state index contributed by atoms with van der Waals surface area (Å²) >= 11 is 0. The van der Waals surface area contributed by atoms with E-state index in [4.69, 9.17) is 5.73 Å². The Morgan fingerprint density at radius 3 is 2.46 bits per heavy atom. The lowest BCUT2D eigenvalue weighted by Crippen LogP contribution is -2.10. The summed E-state index contributed by atoms with van der Waals surface area (Å²) in [4.78, 5) is 15.7. The van der Waals surface area contributed by atoms with Gasteiger partial charge in [-0.05, 0) is 37.3 Å². The molecule has 0 saturated heterocycles. The van der Waals surface area contributed by atoms with Crippen molar-refractivity contribution >= 4 is 23.1 Å². The highest BCUT2D eigenvalue weighted by molar-refractivity contribution is 5.93. The molecule has 6 nitrogen and oxygen atoms in total. The van der Waals surface area contributed by atoms with Gasteiger partial charge in [0.1, 0.15) is 5.82 Å². The molecule has 2 heterocycles. The van der Waals surface area contributed by atoms with Gasteiger partial charge in [-0.25, -0.2) is 9.50 Å². The molecule has 0 saturated carbocycles. The van der Waals surface area contributed by atoms with E-state index in [1.165, 1.54) is 5.56 Å². The molecule has 0 aliphatic heterocycles. The average molecular weight is 343 g/mol. The second kappa shape index (κ2) is 6.33. The number of fused-ring (bicyclic) bond motifs is 1. The topological polar surface area (TPSA) is 85.3 Å². The molecule has 0 bridgehead atoms. The van der Waals surface area contributed by atoms with Crippen molar-refractivity contribution in [2.24, 2.45) is 5.73 Å². The van der Waals surface area contributed by atoms with E-state index in [1.54, 1.807) is 28.8 Å². The van der Waals surface area contributed by atoms with E-state index >= 15 is 0 Å². The normalized spacial score (nSPS) is 10.8. The molecule has 3 N–H and O–H groups in total. The third kappa shape index (κ3) is 3.12. The van der Waals surface area contributed by atoms with Crippen LogP contribution < -0.4 is 11.1 Å². The number of nitrogens with one attached hydrogen (secondary N) is 1. The molecule has 0 unspecified atom stereocenters. The van der Waals surface area contributed by atoms with Crippen molar-refractivity contribution in [2.45, 2.75) is 6.92 Å². The lowest BCUT2D eigenvalue weighted by atomic mass is 10.1. The van der Waals surface area contributed by atoms with Gasteiger partial charge in [0.2, 0.25) is 5.91 Å². The maximum Gasteiger partial charge on any atom is 0.248 e. The molecule has 4 rings (SSSR count). The Morgan fingerprint density at radius 1 is 1.04 bits per heavy atom. The van der Waals surface area contributed by atoms with Crippen molar-refractivity contribution < 1.29 is 4.79 Å². The van der Waals surface area contributed by atoms with Crippen molar-refractivity contribution in [3.8, 4) is 11.3 Å². The number of hydrogen-bond acceptors (Lipinski definition) is 4. The minimum Gasteiger partial charge on any atom is -0.366 e. The summed E-state index contributed by atoms with van der Waals surface area (Å²) in [6, 6.07) is 19.0. The molecule has 2 aromatic heterocycles. The van der Waals surface area contributed by atoms with Crippen molar-refractivity contribution in [3.63, 3.8) is 0 Å². The van der Waals surface area contributed by atoms with Crippen molar-refractivity contribution in [2.75, 3.05) is 5.32 Å². The van der Waals surface area contributed by atoms with Gasteiger partial charge in [0.25, 0.3) is 0 Å². The van der Waals surface area contributed by atoms with Gasteiger partial charge in [-0.1, -0.05) is 29.8 Å². The van der Waals surface area contributed by atoms with Crippen LogP contribution in [0.5, 0.6) is 0 Å². The van der Waals surface area contributed by atoms with E-state index in [-0.39, 0.29) is 0 Å². The minimum atomic E-state index is -0.445. The first-order chi connectivity index (χ1) is 12.6. The average Bonchev–Trinajstić information content (AvgIpc) is 3.06. The summed E-state index contributed by atoms with van der Waals surface area (Å²) < 4.78 is 1.75. The predicted molar refractivity (Wildman–Crippen MR) is 101 cm³/mol. The van der Waals surface area contributed by atoms with Crippen LogP contribution in [0.2, 0.25) is 0 Å². The van der Waals surface area contributed by atoms with Crippen molar-refractivity contribution in [3.05, 3.63) is 78.0 Å². The van der Waals surface area contributed by atoms with Gasteiger partial charge in [-0.2, -0.15) is 5.10 Å². The highest BCUT2D eigenvalue weighted by Gasteiger charge is 2.07. The minimum absolute atomic E-state index is 0.445. The molecule has 6 heteroatoms. The molecule has 1 amide bonds. The number of aryl methyl sites for hydroxylation is 1. The Bertz CT molecular complexity index is 1080. The van der Waals surface area contributed by atoms with E-state index < -0.39 is 5.91 Å². The Balaban J connectivity index is 1.61. The van der Waals surface area contributed by atoms with Gasteiger partial charge in [0.05, 0.1) is 5.69 Å². The lowest BCUT2D eigenvalue weighted by Gasteiger charge is -2.06. The third-order valence-corrected chi connectivity index (χ3v) is 4.11. The maximum atomic E-state index is 11.1. The molecule has 2 aromatic carbocycles. The summed E-state index contributed by atoms with van der Waals surface area (Å²) in [5.74, 6) is 0.249. The summed E-state index contributed by atoms with van der Waals surface area (Å²) in [5, 5.41) is 7.78. The molecule has 0 fully saturated rings. The molecule has 0 aliphatic carbocycles. The number of nitrogens with two attached hydrogens (primary N) is 1. The molecule has 0 radical (unpaired) electrons. The van der Waals surface area contributed by atoms with Crippen LogP contribution in [-0.2, 0) is 0 Å².